The van der Waals surface area contributed by atoms with Gasteiger partial charge in [0.05, 0.1) is 10.8 Å². The van der Waals surface area contributed by atoms with Gasteiger partial charge >= 0.3 is 0 Å². The van der Waals surface area contributed by atoms with E-state index >= 15 is 0 Å². The molecule has 1 nitrogen and oxygen atoms in total. The summed E-state index contributed by atoms with van der Waals surface area (Å²) in [6.45, 7) is 0.866. The minimum Gasteiger partial charge on any atom is -0.310 e. The Kier molecular flexibility index (Phi) is 2.09. The lowest BCUT2D eigenvalue weighted by Gasteiger charge is -2.08. The fourth-order valence-electron chi connectivity index (χ4n) is 0.424. The second-order valence-electron chi connectivity index (χ2n) is 1.38. The van der Waals surface area contributed by atoms with Gasteiger partial charge in [-0.15, -0.1) is 0 Å². The van der Waals surface area contributed by atoms with Crippen LogP contribution in [0.5, 0.6) is 0 Å². The van der Waals surface area contributed by atoms with Crippen LogP contribution in [0.3, 0.4) is 0 Å². The number of rotatable bonds is 0. The van der Waals surface area contributed by atoms with Crippen LogP contribution >= 0.6 is 24.3 Å². The summed E-state index contributed by atoms with van der Waals surface area (Å²) >= 11 is 6.19. The molecular formula is C4H6OS2. The number of thiocarbonyl (C=S) groups is 1. The first-order valence-corrected chi connectivity index (χ1v) is 3.37. The normalized spacial score (nSPS) is 22.6. The van der Waals surface area contributed by atoms with Gasteiger partial charge in [-0.05, 0) is 12.8 Å². The van der Waals surface area contributed by atoms with Gasteiger partial charge in [0.2, 0.25) is 0 Å². The van der Waals surface area contributed by atoms with Crippen LogP contribution in [0.15, 0.2) is 0 Å². The minimum atomic E-state index is 0.866. The van der Waals surface area contributed by atoms with Crippen molar-refractivity contribution in [2.45, 2.75) is 12.8 Å². The van der Waals surface area contributed by atoms with Crippen LogP contribution in [-0.4, -0.2) is 10.8 Å². The van der Waals surface area contributed by atoms with Crippen molar-refractivity contribution in [1.82, 2.24) is 0 Å². The predicted octanol–water partition coefficient (Wildman–Crippen LogP) is 1.77. The van der Waals surface area contributed by atoms with Crippen LogP contribution < -0.4 is 0 Å². The highest BCUT2D eigenvalue weighted by Crippen LogP contribution is 2.17. The van der Waals surface area contributed by atoms with Gasteiger partial charge < -0.3 is 4.18 Å². The Hall–Kier alpha value is 0.400. The van der Waals surface area contributed by atoms with E-state index in [2.05, 4.69) is 0 Å². The summed E-state index contributed by atoms with van der Waals surface area (Å²) in [6, 6.07) is 0. The topological polar surface area (TPSA) is 9.23 Å². The molecule has 40 valence electrons. The molecule has 1 fully saturated rings. The summed E-state index contributed by atoms with van der Waals surface area (Å²) in [7, 11) is 0. The summed E-state index contributed by atoms with van der Waals surface area (Å²) in [5.41, 5.74) is 0. The van der Waals surface area contributed by atoms with Crippen molar-refractivity contribution < 1.29 is 4.18 Å². The van der Waals surface area contributed by atoms with Crippen molar-refractivity contribution in [3.63, 3.8) is 0 Å². The Morgan fingerprint density at radius 3 is 2.86 bits per heavy atom. The first kappa shape index (κ1) is 5.54. The van der Waals surface area contributed by atoms with Crippen molar-refractivity contribution >= 4 is 28.5 Å². The van der Waals surface area contributed by atoms with E-state index in [4.69, 9.17) is 16.4 Å². The van der Waals surface area contributed by atoms with Gasteiger partial charge in [0.1, 0.15) is 0 Å². The molecule has 0 atom stereocenters. The highest BCUT2D eigenvalue weighted by atomic mass is 32.2. The SMILES string of the molecule is S=C1CCCOS1. The van der Waals surface area contributed by atoms with Crippen LogP contribution in [0.1, 0.15) is 12.8 Å². The van der Waals surface area contributed by atoms with Crippen LogP contribution in [0.2, 0.25) is 0 Å². The molecule has 0 aromatic carbocycles. The summed E-state index contributed by atoms with van der Waals surface area (Å²) in [5, 5.41) is 0. The van der Waals surface area contributed by atoms with Gasteiger partial charge in [0.15, 0.2) is 0 Å². The second kappa shape index (κ2) is 2.64. The summed E-state index contributed by atoms with van der Waals surface area (Å²) in [4.78, 5) is 0. The van der Waals surface area contributed by atoms with Crippen molar-refractivity contribution in [3.8, 4) is 0 Å². The molecule has 0 aromatic heterocycles. The maximum atomic E-state index is 4.96. The van der Waals surface area contributed by atoms with Gasteiger partial charge in [0, 0.05) is 12.0 Å². The fourth-order valence-corrected chi connectivity index (χ4v) is 1.27. The average molecular weight is 134 g/mol. The Bertz CT molecular complexity index is 73.8. The first-order valence-electron chi connectivity index (χ1n) is 2.22. The lowest BCUT2D eigenvalue weighted by atomic mass is 10.4. The average Bonchev–Trinajstić information content (AvgIpc) is 1.69. The predicted molar refractivity (Wildman–Crippen MR) is 35.4 cm³/mol. The van der Waals surface area contributed by atoms with E-state index in [1.54, 1.807) is 0 Å². The molecule has 0 aromatic rings. The van der Waals surface area contributed by atoms with E-state index in [0.29, 0.717) is 0 Å². The number of hydrogen-bond acceptors (Lipinski definition) is 3. The third kappa shape index (κ3) is 1.76. The van der Waals surface area contributed by atoms with Crippen molar-refractivity contribution in [2.24, 2.45) is 0 Å². The van der Waals surface area contributed by atoms with Gasteiger partial charge in [-0.2, -0.15) is 0 Å². The van der Waals surface area contributed by atoms with E-state index in [9.17, 15) is 0 Å². The van der Waals surface area contributed by atoms with E-state index in [0.717, 1.165) is 23.6 Å². The lowest BCUT2D eigenvalue weighted by molar-refractivity contribution is 0.365. The molecule has 1 heterocycles. The largest absolute Gasteiger partial charge is 0.310 e. The van der Waals surface area contributed by atoms with Crippen molar-refractivity contribution in [2.75, 3.05) is 6.61 Å². The van der Waals surface area contributed by atoms with Crippen LogP contribution in [0.25, 0.3) is 0 Å². The van der Waals surface area contributed by atoms with Crippen molar-refractivity contribution in [1.29, 1.82) is 0 Å². The Morgan fingerprint density at radius 2 is 2.57 bits per heavy atom. The van der Waals surface area contributed by atoms with E-state index in [-0.39, 0.29) is 0 Å². The molecule has 1 rings (SSSR count). The standard InChI is InChI=1S/C4H6OS2/c6-4-2-1-3-5-7-4/h1-3H2. The maximum absolute atomic E-state index is 4.96. The van der Waals surface area contributed by atoms with Crippen LogP contribution in [-0.2, 0) is 4.18 Å². The maximum Gasteiger partial charge on any atom is 0.0757 e. The second-order valence-corrected chi connectivity index (χ2v) is 3.03. The molecule has 0 radical (unpaired) electrons. The van der Waals surface area contributed by atoms with E-state index in [1.807, 2.05) is 0 Å². The smallest absolute Gasteiger partial charge is 0.0757 e. The van der Waals surface area contributed by atoms with Crippen LogP contribution in [0, 0.1) is 0 Å². The molecule has 1 aliphatic heterocycles. The molecule has 0 bridgehead atoms. The van der Waals surface area contributed by atoms with Crippen LogP contribution in [0.4, 0.5) is 0 Å². The molecule has 0 unspecified atom stereocenters. The fraction of sp³-hybridized carbons (Fsp3) is 0.750. The van der Waals surface area contributed by atoms with E-state index < -0.39 is 0 Å². The molecular weight excluding hydrogens is 128 g/mol. The highest BCUT2D eigenvalue weighted by molar-refractivity contribution is 8.20. The van der Waals surface area contributed by atoms with Gasteiger partial charge in [-0.3, -0.25) is 0 Å². The summed E-state index contributed by atoms with van der Waals surface area (Å²) in [5.74, 6) is 0. The molecule has 0 spiro atoms. The summed E-state index contributed by atoms with van der Waals surface area (Å²) < 4.78 is 5.95. The molecule has 3 heteroatoms. The molecule has 0 aliphatic carbocycles. The molecule has 1 aliphatic rings. The third-order valence-electron chi connectivity index (χ3n) is 0.760. The quantitative estimate of drug-likeness (QED) is 0.369. The minimum absolute atomic E-state index is 0.866. The summed E-state index contributed by atoms with van der Waals surface area (Å²) in [6.07, 6.45) is 2.16. The van der Waals surface area contributed by atoms with Gasteiger partial charge in [-0.25, -0.2) is 0 Å². The zero-order valence-corrected chi connectivity index (χ0v) is 5.48. The third-order valence-corrected chi connectivity index (χ3v) is 1.84. The lowest BCUT2D eigenvalue weighted by Crippen LogP contribution is -2.00. The molecule has 0 saturated carbocycles. The van der Waals surface area contributed by atoms with Gasteiger partial charge in [0.25, 0.3) is 0 Å². The number of hydrogen-bond donors (Lipinski definition) is 0. The Balaban J connectivity index is 2.25. The molecule has 0 amide bonds. The zero-order chi connectivity index (χ0) is 5.11. The van der Waals surface area contributed by atoms with Crippen molar-refractivity contribution in [3.05, 3.63) is 0 Å². The molecule has 1 saturated heterocycles. The van der Waals surface area contributed by atoms with E-state index in [1.165, 1.54) is 12.0 Å². The molecule has 7 heavy (non-hydrogen) atoms. The zero-order valence-electron chi connectivity index (χ0n) is 3.85. The molecule has 0 N–H and O–H groups in total. The van der Waals surface area contributed by atoms with Gasteiger partial charge in [-0.1, -0.05) is 12.2 Å². The Labute approximate surface area is 52.6 Å². The monoisotopic (exact) mass is 134 g/mol. The highest BCUT2D eigenvalue weighted by Gasteiger charge is 2.03. The Morgan fingerprint density at radius 1 is 1.71 bits per heavy atom. The first-order chi connectivity index (χ1) is 3.39.